The number of ether oxygens (including phenoxy) is 1. The molecule has 3 aromatic rings. The summed E-state index contributed by atoms with van der Waals surface area (Å²) in [5, 5.41) is 8.40. The minimum Gasteiger partial charge on any atom is -0.465 e. The average molecular weight is 432 g/mol. The van der Waals surface area contributed by atoms with Gasteiger partial charge >= 0.3 is 5.97 Å². The predicted octanol–water partition coefficient (Wildman–Crippen LogP) is 4.64. The van der Waals surface area contributed by atoms with Crippen LogP contribution in [-0.2, 0) is 9.53 Å². The van der Waals surface area contributed by atoms with Crippen LogP contribution in [0.15, 0.2) is 66.7 Å². The molecule has 0 spiro atoms. The lowest BCUT2D eigenvalue weighted by atomic mass is 10.0. The smallest absolute Gasteiger partial charge is 0.339 e. The van der Waals surface area contributed by atoms with Crippen LogP contribution in [0.3, 0.4) is 0 Å². The molecule has 6 heteroatoms. The standard InChI is InChI=1S/C26H29N3O3/c1-18(20-10-9-19-7-5-6-8-21(19)16-20)15-25(30)28-24-17-22(27-13-14-29(2)3)11-12-23(24)26(31)32-4/h5-12,15-17,27H,13-14H2,1-4H3,(H,28,30)/b18-15-. The molecule has 1 amide bonds. The lowest BCUT2D eigenvalue weighted by molar-refractivity contribution is -0.111. The number of esters is 1. The Balaban J connectivity index is 1.81. The van der Waals surface area contributed by atoms with Crippen molar-refractivity contribution in [1.82, 2.24) is 4.90 Å². The van der Waals surface area contributed by atoms with Gasteiger partial charge in [-0.25, -0.2) is 4.79 Å². The van der Waals surface area contributed by atoms with Gasteiger partial charge < -0.3 is 20.3 Å². The summed E-state index contributed by atoms with van der Waals surface area (Å²) in [5.41, 5.74) is 3.30. The number of hydrogen-bond donors (Lipinski definition) is 2. The molecule has 32 heavy (non-hydrogen) atoms. The predicted molar refractivity (Wildman–Crippen MR) is 131 cm³/mol. The summed E-state index contributed by atoms with van der Waals surface area (Å²) in [6.07, 6.45) is 1.54. The van der Waals surface area contributed by atoms with Crippen LogP contribution in [-0.4, -0.2) is 51.1 Å². The van der Waals surface area contributed by atoms with Crippen LogP contribution in [0, 0.1) is 0 Å². The fourth-order valence-corrected chi connectivity index (χ4v) is 3.35. The van der Waals surface area contributed by atoms with Crippen LogP contribution >= 0.6 is 0 Å². The first-order valence-corrected chi connectivity index (χ1v) is 10.5. The fourth-order valence-electron chi connectivity index (χ4n) is 3.35. The number of carbonyl (C=O) groups excluding carboxylic acids is 2. The number of hydrogen-bond acceptors (Lipinski definition) is 5. The van der Waals surface area contributed by atoms with Crippen LogP contribution in [0.1, 0.15) is 22.8 Å². The number of nitrogens with one attached hydrogen (secondary N) is 2. The Morgan fingerprint density at radius 3 is 2.47 bits per heavy atom. The zero-order valence-corrected chi connectivity index (χ0v) is 18.9. The Morgan fingerprint density at radius 1 is 1.00 bits per heavy atom. The van der Waals surface area contributed by atoms with Gasteiger partial charge in [0.1, 0.15) is 0 Å². The Hall–Kier alpha value is -3.64. The normalized spacial score (nSPS) is 11.5. The van der Waals surface area contributed by atoms with Crippen molar-refractivity contribution in [2.75, 3.05) is 44.9 Å². The number of methoxy groups -OCH3 is 1. The molecule has 0 fully saturated rings. The van der Waals surface area contributed by atoms with E-state index in [-0.39, 0.29) is 5.91 Å². The monoisotopic (exact) mass is 431 g/mol. The van der Waals surface area contributed by atoms with Gasteiger partial charge in [-0.3, -0.25) is 4.79 Å². The largest absolute Gasteiger partial charge is 0.465 e. The third kappa shape index (κ3) is 5.95. The summed E-state index contributed by atoms with van der Waals surface area (Å²) in [6, 6.07) is 19.4. The number of anilines is 2. The van der Waals surface area contributed by atoms with Crippen molar-refractivity contribution in [2.45, 2.75) is 6.92 Å². The molecule has 2 N–H and O–H groups in total. The molecule has 0 aliphatic carbocycles. The van der Waals surface area contributed by atoms with Crippen LogP contribution in [0.25, 0.3) is 16.3 Å². The van der Waals surface area contributed by atoms with Gasteiger partial charge in [0.25, 0.3) is 0 Å². The maximum Gasteiger partial charge on any atom is 0.339 e. The van der Waals surface area contributed by atoms with Gasteiger partial charge in [0.15, 0.2) is 0 Å². The van der Waals surface area contributed by atoms with E-state index >= 15 is 0 Å². The van der Waals surface area contributed by atoms with Gasteiger partial charge in [0.05, 0.1) is 18.4 Å². The second-order valence-corrected chi connectivity index (χ2v) is 7.86. The van der Waals surface area contributed by atoms with E-state index in [1.54, 1.807) is 18.2 Å². The summed E-state index contributed by atoms with van der Waals surface area (Å²) >= 11 is 0. The van der Waals surface area contributed by atoms with Gasteiger partial charge in [-0.2, -0.15) is 0 Å². The van der Waals surface area contributed by atoms with Crippen LogP contribution in [0.2, 0.25) is 0 Å². The number of allylic oxidation sites excluding steroid dienone is 1. The number of benzene rings is 3. The average Bonchev–Trinajstić information content (AvgIpc) is 2.78. The van der Waals surface area contributed by atoms with E-state index in [9.17, 15) is 9.59 Å². The maximum atomic E-state index is 12.8. The Bertz CT molecular complexity index is 1150. The number of carbonyl (C=O) groups is 2. The number of likely N-dealkylation sites (N-methyl/N-ethyl adjacent to an activating group) is 1. The van der Waals surface area contributed by atoms with Gasteiger partial charge in [-0.05, 0) is 67.2 Å². The minimum absolute atomic E-state index is 0.302. The number of amides is 1. The number of nitrogens with zero attached hydrogens (tertiary/aromatic N) is 1. The molecule has 0 atom stereocenters. The molecular formula is C26H29N3O3. The summed E-state index contributed by atoms with van der Waals surface area (Å²) in [7, 11) is 5.32. The van der Waals surface area contributed by atoms with Crippen molar-refractivity contribution in [3.63, 3.8) is 0 Å². The molecule has 0 radical (unpaired) electrons. The lowest BCUT2D eigenvalue weighted by Crippen LogP contribution is -2.21. The first-order valence-electron chi connectivity index (χ1n) is 10.5. The molecule has 0 heterocycles. The third-order valence-corrected chi connectivity index (χ3v) is 5.12. The first kappa shape index (κ1) is 23.0. The van der Waals surface area contributed by atoms with E-state index in [1.807, 2.05) is 51.4 Å². The molecular weight excluding hydrogens is 402 g/mol. The van der Waals surface area contributed by atoms with Crippen LogP contribution in [0.5, 0.6) is 0 Å². The Kier molecular flexibility index (Phi) is 7.63. The van der Waals surface area contributed by atoms with E-state index in [0.29, 0.717) is 11.3 Å². The minimum atomic E-state index is -0.504. The third-order valence-electron chi connectivity index (χ3n) is 5.12. The molecule has 0 saturated carbocycles. The summed E-state index contributed by atoms with van der Waals surface area (Å²) in [5.74, 6) is -0.818. The second kappa shape index (κ2) is 10.6. The van der Waals surface area contributed by atoms with E-state index in [2.05, 4.69) is 27.7 Å². The highest BCUT2D eigenvalue weighted by atomic mass is 16.5. The van der Waals surface area contributed by atoms with Gasteiger partial charge in [0.2, 0.25) is 5.91 Å². The van der Waals surface area contributed by atoms with Gasteiger partial charge in [0, 0.05) is 24.9 Å². The highest BCUT2D eigenvalue weighted by Gasteiger charge is 2.14. The Labute approximate surface area is 188 Å². The number of rotatable bonds is 8. The molecule has 0 aromatic heterocycles. The van der Waals surface area contributed by atoms with Gasteiger partial charge in [-0.1, -0.05) is 36.4 Å². The first-order chi connectivity index (χ1) is 15.4. The highest BCUT2D eigenvalue weighted by Crippen LogP contribution is 2.24. The maximum absolute atomic E-state index is 12.8. The Morgan fingerprint density at radius 2 is 1.75 bits per heavy atom. The van der Waals surface area contributed by atoms with Crippen molar-refractivity contribution in [1.29, 1.82) is 0 Å². The molecule has 166 valence electrons. The van der Waals surface area contributed by atoms with Crippen molar-refractivity contribution < 1.29 is 14.3 Å². The summed E-state index contributed by atoms with van der Waals surface area (Å²) in [6.45, 7) is 3.48. The van der Waals surface area contributed by atoms with Crippen molar-refractivity contribution in [2.24, 2.45) is 0 Å². The molecule has 0 aliphatic rings. The zero-order valence-electron chi connectivity index (χ0n) is 18.9. The zero-order chi connectivity index (χ0) is 23.1. The SMILES string of the molecule is COC(=O)c1ccc(NCCN(C)C)cc1NC(=O)/C=C(/C)c1ccc2ccccc2c1. The topological polar surface area (TPSA) is 70.7 Å². The molecule has 3 aromatic carbocycles. The number of fused-ring (bicyclic) bond motifs is 1. The molecule has 6 nitrogen and oxygen atoms in total. The molecule has 0 unspecified atom stereocenters. The second-order valence-electron chi connectivity index (χ2n) is 7.86. The summed E-state index contributed by atoms with van der Waals surface area (Å²) in [4.78, 5) is 27.0. The van der Waals surface area contributed by atoms with E-state index < -0.39 is 5.97 Å². The van der Waals surface area contributed by atoms with Crippen molar-refractivity contribution in [3.8, 4) is 0 Å². The summed E-state index contributed by atoms with van der Waals surface area (Å²) < 4.78 is 4.87. The van der Waals surface area contributed by atoms with E-state index in [1.165, 1.54) is 13.2 Å². The fraction of sp³-hybridized carbons (Fsp3) is 0.231. The van der Waals surface area contributed by atoms with Crippen LogP contribution < -0.4 is 10.6 Å². The molecule has 0 bridgehead atoms. The highest BCUT2D eigenvalue weighted by molar-refractivity contribution is 6.08. The molecule has 0 aliphatic heterocycles. The van der Waals surface area contributed by atoms with Crippen molar-refractivity contribution in [3.05, 3.63) is 77.9 Å². The van der Waals surface area contributed by atoms with Crippen LogP contribution in [0.4, 0.5) is 11.4 Å². The van der Waals surface area contributed by atoms with Gasteiger partial charge in [-0.15, -0.1) is 0 Å². The quantitative estimate of drug-likeness (QED) is 0.402. The molecule has 0 saturated heterocycles. The van der Waals surface area contributed by atoms with E-state index in [0.717, 1.165) is 40.7 Å². The van der Waals surface area contributed by atoms with Crippen molar-refractivity contribution >= 4 is 39.6 Å². The van der Waals surface area contributed by atoms with E-state index in [4.69, 9.17) is 4.74 Å². The molecule has 3 rings (SSSR count). The lowest BCUT2D eigenvalue weighted by Gasteiger charge is -2.14.